The molecule has 0 radical (unpaired) electrons. The molecule has 4 aromatic rings. The van der Waals surface area contributed by atoms with Gasteiger partial charge in [-0.1, -0.05) is 78.9 Å². The number of carbonyl (C=O) groups is 1. The molecular formula is C26H25N3OS. The lowest BCUT2D eigenvalue weighted by atomic mass is 9.88. The molecule has 4 rings (SSSR count). The molecule has 0 spiro atoms. The van der Waals surface area contributed by atoms with Crippen LogP contribution in [0.2, 0.25) is 0 Å². The number of nitrogens with one attached hydrogen (secondary N) is 2. The van der Waals surface area contributed by atoms with Crippen molar-refractivity contribution in [2.24, 2.45) is 0 Å². The van der Waals surface area contributed by atoms with Crippen LogP contribution < -0.4 is 10.6 Å². The van der Waals surface area contributed by atoms with Gasteiger partial charge in [0, 0.05) is 23.5 Å². The Bertz CT molecular complexity index is 1040. The number of amides is 1. The Balaban J connectivity index is 1.31. The van der Waals surface area contributed by atoms with Gasteiger partial charge in [0.25, 0.3) is 0 Å². The maximum atomic E-state index is 12.5. The van der Waals surface area contributed by atoms with Crippen LogP contribution in [0.15, 0.2) is 96.4 Å². The molecule has 5 heteroatoms. The molecule has 0 saturated heterocycles. The maximum absolute atomic E-state index is 12.5. The minimum atomic E-state index is -0.00330. The maximum Gasteiger partial charge on any atom is 0.226 e. The van der Waals surface area contributed by atoms with Crippen LogP contribution in [0.4, 0.5) is 10.8 Å². The van der Waals surface area contributed by atoms with E-state index in [1.54, 1.807) is 0 Å². The van der Waals surface area contributed by atoms with Gasteiger partial charge >= 0.3 is 0 Å². The quantitative estimate of drug-likeness (QED) is 0.357. The van der Waals surface area contributed by atoms with Crippen molar-refractivity contribution in [1.82, 2.24) is 10.3 Å². The van der Waals surface area contributed by atoms with Gasteiger partial charge in [-0.15, -0.1) is 11.3 Å². The minimum Gasteiger partial charge on any atom is -0.356 e. The Labute approximate surface area is 187 Å². The summed E-state index contributed by atoms with van der Waals surface area (Å²) >= 11 is 1.51. The van der Waals surface area contributed by atoms with Crippen LogP contribution in [-0.4, -0.2) is 17.4 Å². The van der Waals surface area contributed by atoms with Crippen molar-refractivity contribution in [3.63, 3.8) is 0 Å². The minimum absolute atomic E-state index is 0.00330. The molecule has 4 nitrogen and oxygen atoms in total. The van der Waals surface area contributed by atoms with Crippen LogP contribution in [0.3, 0.4) is 0 Å². The number of nitrogens with zero attached hydrogens (tertiary/aromatic N) is 1. The molecule has 1 aromatic heterocycles. The lowest BCUT2D eigenvalue weighted by Crippen LogP contribution is -2.27. The van der Waals surface area contributed by atoms with Crippen LogP contribution in [0.1, 0.15) is 29.2 Å². The van der Waals surface area contributed by atoms with Crippen molar-refractivity contribution >= 4 is 28.1 Å². The van der Waals surface area contributed by atoms with Gasteiger partial charge in [-0.25, -0.2) is 4.98 Å². The third kappa shape index (κ3) is 6.03. The molecule has 0 unspecified atom stereocenters. The number of thiazole rings is 1. The number of carbonyl (C=O) groups excluding carboxylic acids is 1. The van der Waals surface area contributed by atoms with Crippen LogP contribution >= 0.6 is 11.3 Å². The van der Waals surface area contributed by atoms with E-state index in [2.05, 4.69) is 64.1 Å². The van der Waals surface area contributed by atoms with Crippen LogP contribution in [0.25, 0.3) is 0 Å². The van der Waals surface area contributed by atoms with E-state index in [0.29, 0.717) is 6.54 Å². The smallest absolute Gasteiger partial charge is 0.226 e. The van der Waals surface area contributed by atoms with Crippen molar-refractivity contribution in [3.8, 4) is 0 Å². The molecule has 3 aromatic carbocycles. The molecule has 0 atom stereocenters. The fourth-order valence-electron chi connectivity index (χ4n) is 3.57. The number of rotatable bonds is 9. The summed E-state index contributed by atoms with van der Waals surface area (Å²) in [5.74, 6) is 0.250. The topological polar surface area (TPSA) is 54.0 Å². The van der Waals surface area contributed by atoms with E-state index in [-0.39, 0.29) is 18.2 Å². The van der Waals surface area contributed by atoms with Gasteiger partial charge in [-0.2, -0.15) is 0 Å². The van der Waals surface area contributed by atoms with E-state index in [0.717, 1.165) is 22.9 Å². The predicted octanol–water partition coefficient (Wildman–Crippen LogP) is 5.77. The first kappa shape index (κ1) is 20.8. The SMILES string of the molecule is O=C(Cc1csc(Nc2ccccc2)n1)NCCC(c1ccccc1)c1ccccc1. The Hall–Kier alpha value is -3.44. The van der Waals surface area contributed by atoms with Crippen molar-refractivity contribution < 1.29 is 4.79 Å². The van der Waals surface area contributed by atoms with Crippen molar-refractivity contribution in [1.29, 1.82) is 0 Å². The van der Waals surface area contributed by atoms with E-state index < -0.39 is 0 Å². The normalized spacial score (nSPS) is 10.7. The summed E-state index contributed by atoms with van der Waals surface area (Å²) in [5, 5.41) is 9.06. The van der Waals surface area contributed by atoms with Gasteiger partial charge in [0.15, 0.2) is 5.13 Å². The molecule has 2 N–H and O–H groups in total. The second-order valence-corrected chi connectivity index (χ2v) is 8.18. The fourth-order valence-corrected chi connectivity index (χ4v) is 4.30. The summed E-state index contributed by atoms with van der Waals surface area (Å²) in [4.78, 5) is 17.0. The highest BCUT2D eigenvalue weighted by atomic mass is 32.1. The third-order valence-electron chi connectivity index (χ3n) is 5.08. The van der Waals surface area contributed by atoms with E-state index in [9.17, 15) is 4.79 Å². The number of aromatic nitrogens is 1. The number of benzene rings is 3. The van der Waals surface area contributed by atoms with Crippen LogP contribution in [0.5, 0.6) is 0 Å². The molecule has 0 saturated carbocycles. The number of anilines is 2. The summed E-state index contributed by atoms with van der Waals surface area (Å²) in [6.45, 7) is 0.618. The Kier molecular flexibility index (Phi) is 7.08. The number of hydrogen-bond acceptors (Lipinski definition) is 4. The third-order valence-corrected chi connectivity index (χ3v) is 5.88. The predicted molar refractivity (Wildman–Crippen MR) is 128 cm³/mol. The van der Waals surface area contributed by atoms with Gasteiger partial charge in [0.2, 0.25) is 5.91 Å². The standard InChI is InChI=1S/C26H25N3OS/c30-25(18-23-19-31-26(29-23)28-22-14-8-3-9-15-22)27-17-16-24(20-10-4-1-5-11-20)21-12-6-2-7-13-21/h1-15,19,24H,16-18H2,(H,27,30)(H,28,29). The number of para-hydroxylation sites is 1. The largest absolute Gasteiger partial charge is 0.356 e. The average molecular weight is 428 g/mol. The van der Waals surface area contributed by atoms with E-state index in [1.165, 1.54) is 22.5 Å². The summed E-state index contributed by atoms with van der Waals surface area (Å²) in [6, 6.07) is 30.8. The molecule has 0 fully saturated rings. The highest BCUT2D eigenvalue weighted by Crippen LogP contribution is 2.27. The Morgan fingerprint density at radius 2 is 1.42 bits per heavy atom. The van der Waals surface area contributed by atoms with Crippen molar-refractivity contribution in [3.05, 3.63) is 113 Å². The second-order valence-electron chi connectivity index (χ2n) is 7.32. The fraction of sp³-hybridized carbons (Fsp3) is 0.154. The molecule has 0 aliphatic carbocycles. The Morgan fingerprint density at radius 1 is 0.839 bits per heavy atom. The second kappa shape index (κ2) is 10.5. The first-order valence-corrected chi connectivity index (χ1v) is 11.3. The zero-order valence-electron chi connectivity index (χ0n) is 17.2. The van der Waals surface area contributed by atoms with Crippen LogP contribution in [0, 0.1) is 0 Å². The summed E-state index contributed by atoms with van der Waals surface area (Å²) < 4.78 is 0. The molecule has 1 amide bonds. The van der Waals surface area contributed by atoms with E-state index in [4.69, 9.17) is 0 Å². The monoisotopic (exact) mass is 427 g/mol. The van der Waals surface area contributed by atoms with Gasteiger partial charge in [0.05, 0.1) is 12.1 Å². The molecule has 31 heavy (non-hydrogen) atoms. The summed E-state index contributed by atoms with van der Waals surface area (Å²) in [6.07, 6.45) is 1.13. The van der Waals surface area contributed by atoms with Gasteiger partial charge in [-0.3, -0.25) is 4.79 Å². The molecule has 0 aliphatic heterocycles. The van der Waals surface area contributed by atoms with Crippen molar-refractivity contribution in [2.45, 2.75) is 18.8 Å². The first-order chi connectivity index (χ1) is 15.3. The molecular weight excluding hydrogens is 402 g/mol. The lowest BCUT2D eigenvalue weighted by Gasteiger charge is -2.18. The Morgan fingerprint density at radius 3 is 2.03 bits per heavy atom. The molecule has 0 aliphatic rings. The molecule has 0 bridgehead atoms. The highest BCUT2D eigenvalue weighted by molar-refractivity contribution is 7.13. The van der Waals surface area contributed by atoms with Gasteiger partial charge in [-0.05, 0) is 29.7 Å². The molecule has 1 heterocycles. The van der Waals surface area contributed by atoms with Crippen molar-refractivity contribution in [2.75, 3.05) is 11.9 Å². The van der Waals surface area contributed by atoms with E-state index in [1.807, 2.05) is 47.8 Å². The average Bonchev–Trinajstić information content (AvgIpc) is 3.25. The van der Waals surface area contributed by atoms with E-state index >= 15 is 0 Å². The lowest BCUT2D eigenvalue weighted by molar-refractivity contribution is -0.120. The summed E-state index contributed by atoms with van der Waals surface area (Å²) in [7, 11) is 0. The number of hydrogen-bond donors (Lipinski definition) is 2. The molecule has 156 valence electrons. The zero-order chi connectivity index (χ0) is 21.3. The zero-order valence-corrected chi connectivity index (χ0v) is 18.0. The summed E-state index contributed by atoms with van der Waals surface area (Å²) in [5.41, 5.74) is 4.29. The highest BCUT2D eigenvalue weighted by Gasteiger charge is 2.14. The first-order valence-electron chi connectivity index (χ1n) is 10.4. The van der Waals surface area contributed by atoms with Gasteiger partial charge < -0.3 is 10.6 Å². The van der Waals surface area contributed by atoms with Gasteiger partial charge in [0.1, 0.15) is 0 Å². The van der Waals surface area contributed by atoms with Crippen LogP contribution in [-0.2, 0) is 11.2 Å².